The van der Waals surface area contributed by atoms with Crippen LogP contribution in [0.4, 0.5) is 5.69 Å². The Morgan fingerprint density at radius 2 is 1.47 bits per heavy atom. The predicted octanol–water partition coefficient (Wildman–Crippen LogP) is 6.35. The maximum atomic E-state index is 12.4. The third-order valence-corrected chi connectivity index (χ3v) is 5.20. The average Bonchev–Trinajstić information content (AvgIpc) is 2.86. The maximum absolute atomic E-state index is 12.4. The lowest BCUT2D eigenvalue weighted by Crippen LogP contribution is -1.98. The van der Waals surface area contributed by atoms with Gasteiger partial charge in [0.25, 0.3) is 0 Å². The summed E-state index contributed by atoms with van der Waals surface area (Å²) in [5.74, 6) is 2.18. The third-order valence-electron chi connectivity index (χ3n) is 4.96. The average molecular weight is 480 g/mol. The van der Waals surface area contributed by atoms with Crippen LogP contribution in [-0.4, -0.2) is 34.2 Å². The standard InChI is InChI=1S/C27H26ClNO5/c1-31-24-11-10-18(8-9-19-15-25(32-2)27(34-4)26(16-19)33-3)14-22(24)29-13-12-23(30)20-6-5-7-21(28)17-20/h5-17,29H,1-4H3/b9-8-,13-12-. The minimum atomic E-state index is -0.160. The molecule has 6 nitrogen and oxygen atoms in total. The van der Waals surface area contributed by atoms with Gasteiger partial charge in [-0.05, 0) is 47.5 Å². The van der Waals surface area contributed by atoms with Gasteiger partial charge in [-0.3, -0.25) is 4.79 Å². The van der Waals surface area contributed by atoms with Gasteiger partial charge in [-0.25, -0.2) is 0 Å². The highest BCUT2D eigenvalue weighted by atomic mass is 35.5. The van der Waals surface area contributed by atoms with Crippen LogP contribution in [0.1, 0.15) is 21.5 Å². The largest absolute Gasteiger partial charge is 0.495 e. The van der Waals surface area contributed by atoms with Crippen LogP contribution in [-0.2, 0) is 0 Å². The van der Waals surface area contributed by atoms with Crippen LogP contribution in [0.25, 0.3) is 12.2 Å². The quantitative estimate of drug-likeness (QED) is 0.207. The first-order valence-corrected chi connectivity index (χ1v) is 10.8. The lowest BCUT2D eigenvalue weighted by molar-refractivity contribution is 0.104. The summed E-state index contributed by atoms with van der Waals surface area (Å²) in [5.41, 5.74) is 3.03. The Hall–Kier alpha value is -3.90. The Morgan fingerprint density at radius 1 is 0.794 bits per heavy atom. The first-order valence-electron chi connectivity index (χ1n) is 10.4. The molecule has 0 saturated carbocycles. The Balaban J connectivity index is 1.80. The molecule has 34 heavy (non-hydrogen) atoms. The van der Waals surface area contributed by atoms with E-state index in [1.807, 2.05) is 42.5 Å². The molecule has 0 aliphatic heterocycles. The molecule has 0 heterocycles. The molecule has 0 saturated heterocycles. The molecule has 0 atom stereocenters. The fraction of sp³-hybridized carbons (Fsp3) is 0.148. The molecule has 176 valence electrons. The molecule has 1 N–H and O–H groups in total. The summed E-state index contributed by atoms with van der Waals surface area (Å²) in [5, 5.41) is 3.63. The van der Waals surface area contributed by atoms with Gasteiger partial charge in [-0.15, -0.1) is 0 Å². The number of anilines is 1. The lowest BCUT2D eigenvalue weighted by atomic mass is 10.1. The van der Waals surface area contributed by atoms with Gasteiger partial charge in [0.1, 0.15) is 5.75 Å². The Bertz CT molecular complexity index is 1190. The van der Waals surface area contributed by atoms with Gasteiger partial charge in [-0.1, -0.05) is 42.0 Å². The van der Waals surface area contributed by atoms with E-state index in [1.54, 1.807) is 58.9 Å². The van der Waals surface area contributed by atoms with E-state index in [0.717, 1.165) is 11.1 Å². The van der Waals surface area contributed by atoms with Crippen molar-refractivity contribution >= 4 is 35.2 Å². The van der Waals surface area contributed by atoms with Gasteiger partial charge >= 0.3 is 0 Å². The minimum Gasteiger partial charge on any atom is -0.495 e. The van der Waals surface area contributed by atoms with Crippen molar-refractivity contribution in [3.8, 4) is 23.0 Å². The summed E-state index contributed by atoms with van der Waals surface area (Å²) in [4.78, 5) is 12.4. The zero-order valence-electron chi connectivity index (χ0n) is 19.4. The molecule has 0 bridgehead atoms. The van der Waals surface area contributed by atoms with Gasteiger partial charge in [0.2, 0.25) is 5.75 Å². The normalized spacial score (nSPS) is 11.0. The molecule has 0 aliphatic rings. The van der Waals surface area contributed by atoms with Crippen LogP contribution in [0.5, 0.6) is 23.0 Å². The molecule has 0 amide bonds. The summed E-state index contributed by atoms with van der Waals surface area (Å²) >= 11 is 5.96. The monoisotopic (exact) mass is 479 g/mol. The van der Waals surface area contributed by atoms with Crippen LogP contribution < -0.4 is 24.3 Å². The molecule has 0 fully saturated rings. The van der Waals surface area contributed by atoms with E-state index in [1.165, 1.54) is 6.08 Å². The van der Waals surface area contributed by atoms with E-state index in [0.29, 0.717) is 39.3 Å². The number of benzene rings is 3. The predicted molar refractivity (Wildman–Crippen MR) is 137 cm³/mol. The van der Waals surface area contributed by atoms with Crippen molar-refractivity contribution in [3.05, 3.63) is 88.6 Å². The van der Waals surface area contributed by atoms with Crippen LogP contribution in [0.2, 0.25) is 5.02 Å². The van der Waals surface area contributed by atoms with E-state index in [2.05, 4.69) is 5.32 Å². The molecule has 0 unspecified atom stereocenters. The van der Waals surface area contributed by atoms with E-state index < -0.39 is 0 Å². The summed E-state index contributed by atoms with van der Waals surface area (Å²) < 4.78 is 21.6. The van der Waals surface area contributed by atoms with E-state index >= 15 is 0 Å². The third kappa shape index (κ3) is 6.11. The van der Waals surface area contributed by atoms with E-state index in [-0.39, 0.29) is 5.78 Å². The highest BCUT2D eigenvalue weighted by molar-refractivity contribution is 6.31. The molecular weight excluding hydrogens is 454 g/mol. The highest BCUT2D eigenvalue weighted by Crippen LogP contribution is 2.38. The molecule has 0 radical (unpaired) electrons. The molecule has 0 aliphatic carbocycles. The van der Waals surface area contributed by atoms with E-state index in [9.17, 15) is 4.79 Å². The van der Waals surface area contributed by atoms with Crippen molar-refractivity contribution < 1.29 is 23.7 Å². The fourth-order valence-electron chi connectivity index (χ4n) is 3.28. The molecular formula is C27H26ClNO5. The summed E-state index contributed by atoms with van der Waals surface area (Å²) in [6, 6.07) is 16.2. The van der Waals surface area contributed by atoms with Crippen molar-refractivity contribution in [3.63, 3.8) is 0 Å². The number of ether oxygens (including phenoxy) is 4. The van der Waals surface area contributed by atoms with Crippen LogP contribution in [0.3, 0.4) is 0 Å². The van der Waals surface area contributed by atoms with Crippen molar-refractivity contribution in [1.29, 1.82) is 0 Å². The number of halogens is 1. The SMILES string of the molecule is COc1ccc(/C=C\c2cc(OC)c(OC)c(OC)c2)cc1N/C=C\C(=O)c1cccc(Cl)c1. The Morgan fingerprint density at radius 3 is 2.09 bits per heavy atom. The van der Waals surface area contributed by atoms with Crippen LogP contribution >= 0.6 is 11.6 Å². The molecule has 0 spiro atoms. The van der Waals surface area contributed by atoms with Gasteiger partial charge in [0.15, 0.2) is 17.3 Å². The molecule has 3 aromatic rings. The number of hydrogen-bond acceptors (Lipinski definition) is 6. The smallest absolute Gasteiger partial charge is 0.203 e. The number of nitrogens with one attached hydrogen (secondary N) is 1. The minimum absolute atomic E-state index is 0.160. The first kappa shape index (κ1) is 24.7. The number of carbonyl (C=O) groups is 1. The second kappa shape index (κ2) is 11.8. The first-order chi connectivity index (χ1) is 16.5. The van der Waals surface area contributed by atoms with Crippen LogP contribution in [0.15, 0.2) is 66.9 Å². The van der Waals surface area contributed by atoms with Gasteiger partial charge in [0.05, 0.1) is 34.1 Å². The van der Waals surface area contributed by atoms with Gasteiger partial charge < -0.3 is 24.3 Å². The van der Waals surface area contributed by atoms with Crippen molar-refractivity contribution in [2.75, 3.05) is 33.8 Å². The second-order valence-corrected chi connectivity index (χ2v) is 7.54. The zero-order valence-corrected chi connectivity index (χ0v) is 20.2. The van der Waals surface area contributed by atoms with E-state index in [4.69, 9.17) is 30.5 Å². The molecule has 0 aromatic heterocycles. The summed E-state index contributed by atoms with van der Waals surface area (Å²) in [6.45, 7) is 0. The topological polar surface area (TPSA) is 66.0 Å². The second-order valence-electron chi connectivity index (χ2n) is 7.10. The molecule has 7 heteroatoms. The maximum Gasteiger partial charge on any atom is 0.203 e. The zero-order chi connectivity index (χ0) is 24.5. The Kier molecular flexibility index (Phi) is 8.60. The molecule has 3 rings (SSSR count). The number of ketones is 1. The lowest BCUT2D eigenvalue weighted by Gasteiger charge is -2.13. The number of allylic oxidation sites excluding steroid dienone is 1. The fourth-order valence-corrected chi connectivity index (χ4v) is 3.47. The van der Waals surface area contributed by atoms with Crippen molar-refractivity contribution in [2.24, 2.45) is 0 Å². The number of methoxy groups -OCH3 is 4. The van der Waals surface area contributed by atoms with Crippen LogP contribution in [0, 0.1) is 0 Å². The Labute approximate surface area is 204 Å². The number of hydrogen-bond donors (Lipinski definition) is 1. The number of carbonyl (C=O) groups excluding carboxylic acids is 1. The number of rotatable bonds is 10. The van der Waals surface area contributed by atoms with Gasteiger partial charge in [0, 0.05) is 22.9 Å². The summed E-state index contributed by atoms with van der Waals surface area (Å²) in [7, 11) is 6.32. The van der Waals surface area contributed by atoms with Crippen molar-refractivity contribution in [1.82, 2.24) is 0 Å². The molecule has 3 aromatic carbocycles. The van der Waals surface area contributed by atoms with Gasteiger partial charge in [-0.2, -0.15) is 0 Å². The van der Waals surface area contributed by atoms with Crippen molar-refractivity contribution in [2.45, 2.75) is 0 Å². The highest BCUT2D eigenvalue weighted by Gasteiger charge is 2.12. The summed E-state index contributed by atoms with van der Waals surface area (Å²) in [6.07, 6.45) is 6.91.